The number of ketones is 1. The van der Waals surface area contributed by atoms with Crippen LogP contribution in [-0.2, 0) is 22.5 Å². The van der Waals surface area contributed by atoms with Gasteiger partial charge in [-0.05, 0) is 43.7 Å². The Morgan fingerprint density at radius 3 is 2.64 bits per heavy atom. The van der Waals surface area contributed by atoms with Crippen molar-refractivity contribution in [1.82, 2.24) is 4.57 Å². The van der Waals surface area contributed by atoms with Crippen LogP contribution in [0.2, 0.25) is 10.0 Å². The van der Waals surface area contributed by atoms with Crippen LogP contribution in [0.25, 0.3) is 10.9 Å². The molecule has 1 aromatic carbocycles. The Hall–Kier alpha value is -1.52. The van der Waals surface area contributed by atoms with Crippen molar-refractivity contribution in [2.45, 2.75) is 65.8 Å². The smallest absolute Gasteiger partial charge is 0.305 e. The Bertz CT molecular complexity index is 914. The topological polar surface area (TPSA) is 48.3 Å². The van der Waals surface area contributed by atoms with Gasteiger partial charge in [0.05, 0.1) is 17.1 Å². The van der Waals surface area contributed by atoms with Crippen LogP contribution in [0.3, 0.4) is 0 Å². The number of benzene rings is 1. The molecular formula is C22H27Cl2NO3. The number of rotatable bonds is 7. The van der Waals surface area contributed by atoms with Crippen LogP contribution in [-0.4, -0.2) is 22.9 Å². The monoisotopic (exact) mass is 423 g/mol. The predicted molar refractivity (Wildman–Crippen MR) is 113 cm³/mol. The van der Waals surface area contributed by atoms with Gasteiger partial charge < -0.3 is 9.30 Å². The number of fused-ring (bicyclic) bond motifs is 3. The zero-order valence-electron chi connectivity index (χ0n) is 16.7. The first-order chi connectivity index (χ1) is 13.2. The molecule has 0 aliphatic heterocycles. The number of hydrogen-bond acceptors (Lipinski definition) is 3. The second-order valence-corrected chi connectivity index (χ2v) is 9.16. The van der Waals surface area contributed by atoms with Crippen LogP contribution < -0.4 is 0 Å². The molecule has 0 fully saturated rings. The molecule has 0 amide bonds. The number of carbonyl (C=O) groups excluding carboxylic acids is 2. The molecule has 1 heterocycles. The van der Waals surface area contributed by atoms with Gasteiger partial charge >= 0.3 is 5.97 Å². The lowest BCUT2D eigenvalue weighted by Gasteiger charge is -2.29. The zero-order valence-corrected chi connectivity index (χ0v) is 18.3. The molecule has 4 nitrogen and oxygen atoms in total. The van der Waals surface area contributed by atoms with Crippen molar-refractivity contribution >= 4 is 45.9 Å². The first-order valence-corrected chi connectivity index (χ1v) is 10.7. The van der Waals surface area contributed by atoms with Crippen LogP contribution in [0.15, 0.2) is 12.1 Å². The Balaban J connectivity index is 1.87. The van der Waals surface area contributed by atoms with E-state index in [1.807, 2.05) is 13.0 Å². The molecule has 6 heteroatoms. The highest BCUT2D eigenvalue weighted by atomic mass is 35.5. The fourth-order valence-electron chi connectivity index (χ4n) is 4.19. The lowest BCUT2D eigenvalue weighted by molar-refractivity contribution is -0.143. The summed E-state index contributed by atoms with van der Waals surface area (Å²) in [6.07, 6.45) is 4.42. The first kappa shape index (κ1) is 21.2. The second kappa shape index (κ2) is 8.46. The minimum atomic E-state index is -0.142. The molecule has 0 spiro atoms. The lowest BCUT2D eigenvalue weighted by Crippen LogP contribution is -2.28. The van der Waals surface area contributed by atoms with E-state index in [0.29, 0.717) is 29.5 Å². The van der Waals surface area contributed by atoms with Gasteiger partial charge in [-0.2, -0.15) is 0 Å². The number of aromatic nitrogens is 1. The summed E-state index contributed by atoms with van der Waals surface area (Å²) in [5, 5.41) is 1.98. The van der Waals surface area contributed by atoms with E-state index in [4.69, 9.17) is 27.9 Å². The van der Waals surface area contributed by atoms with E-state index in [1.54, 1.807) is 6.07 Å². The molecule has 28 heavy (non-hydrogen) atoms. The summed E-state index contributed by atoms with van der Waals surface area (Å²) in [5.74, 6) is 0.0203. The van der Waals surface area contributed by atoms with E-state index in [2.05, 4.69) is 18.4 Å². The third-order valence-corrected chi connectivity index (χ3v) is 5.82. The molecule has 3 rings (SSSR count). The van der Waals surface area contributed by atoms with Crippen LogP contribution in [0.1, 0.15) is 68.9 Å². The third-order valence-electron chi connectivity index (χ3n) is 5.31. The normalized spacial score (nSPS) is 15.7. The van der Waals surface area contributed by atoms with Gasteiger partial charge in [-0.25, -0.2) is 0 Å². The maximum Gasteiger partial charge on any atom is 0.305 e. The number of ether oxygens (including phenoxy) is 1. The SMILES string of the molecule is CCOC(=O)CCCCCn1c2c(c3cc(Cl)cc(Cl)c31)C(=O)CC(C)(C)C2. The highest BCUT2D eigenvalue weighted by molar-refractivity contribution is 6.39. The van der Waals surface area contributed by atoms with Crippen LogP contribution in [0.4, 0.5) is 0 Å². The number of aryl methyl sites for hydroxylation is 1. The number of carbonyl (C=O) groups is 2. The van der Waals surface area contributed by atoms with Crippen LogP contribution >= 0.6 is 23.2 Å². The van der Waals surface area contributed by atoms with Crippen molar-refractivity contribution < 1.29 is 14.3 Å². The largest absolute Gasteiger partial charge is 0.466 e. The highest BCUT2D eigenvalue weighted by Crippen LogP contribution is 2.42. The van der Waals surface area contributed by atoms with Crippen molar-refractivity contribution in [2.75, 3.05) is 6.61 Å². The second-order valence-electron chi connectivity index (χ2n) is 8.31. The summed E-state index contributed by atoms with van der Waals surface area (Å²) in [7, 11) is 0. The molecule has 0 atom stereocenters. The fourth-order valence-corrected chi connectivity index (χ4v) is 4.78. The average molecular weight is 424 g/mol. The molecule has 152 valence electrons. The number of esters is 1. The first-order valence-electron chi connectivity index (χ1n) is 9.92. The van der Waals surface area contributed by atoms with Crippen molar-refractivity contribution in [2.24, 2.45) is 5.41 Å². The van der Waals surface area contributed by atoms with Gasteiger partial charge in [0.15, 0.2) is 5.78 Å². The summed E-state index contributed by atoms with van der Waals surface area (Å²) in [5.41, 5.74) is 2.67. The minimum Gasteiger partial charge on any atom is -0.466 e. The van der Waals surface area contributed by atoms with Gasteiger partial charge in [0, 0.05) is 41.1 Å². The summed E-state index contributed by atoms with van der Waals surface area (Å²) in [6.45, 7) is 7.26. The Morgan fingerprint density at radius 2 is 1.93 bits per heavy atom. The number of unbranched alkanes of at least 4 members (excludes halogenated alkanes) is 2. The summed E-state index contributed by atoms with van der Waals surface area (Å²) in [6, 6.07) is 3.60. The van der Waals surface area contributed by atoms with E-state index >= 15 is 0 Å². The van der Waals surface area contributed by atoms with Gasteiger partial charge in [-0.3, -0.25) is 9.59 Å². The number of Topliss-reactive ketones (excluding diaryl/α,β-unsaturated/α-hetero) is 1. The molecule has 1 aliphatic carbocycles. The molecule has 0 bridgehead atoms. The zero-order chi connectivity index (χ0) is 20.5. The predicted octanol–water partition coefficient (Wildman–Crippen LogP) is 6.23. The standard InChI is InChI=1S/C22H27Cl2NO3/c1-4-28-19(27)8-6-5-7-9-25-17-12-22(2,3)13-18(26)20(17)15-10-14(23)11-16(24)21(15)25/h10-11H,4-9,12-13H2,1-3H3. The van der Waals surface area contributed by atoms with E-state index < -0.39 is 0 Å². The van der Waals surface area contributed by atoms with Crippen molar-refractivity contribution in [3.05, 3.63) is 33.4 Å². The molecular weight excluding hydrogens is 397 g/mol. The third kappa shape index (κ3) is 4.38. The van der Waals surface area contributed by atoms with Crippen molar-refractivity contribution in [3.63, 3.8) is 0 Å². The maximum absolute atomic E-state index is 12.9. The van der Waals surface area contributed by atoms with Gasteiger partial charge in [0.1, 0.15) is 0 Å². The van der Waals surface area contributed by atoms with Crippen molar-refractivity contribution in [3.8, 4) is 0 Å². The van der Waals surface area contributed by atoms with E-state index in [1.165, 1.54) is 0 Å². The van der Waals surface area contributed by atoms with Crippen LogP contribution in [0.5, 0.6) is 0 Å². The Kier molecular flexibility index (Phi) is 6.41. The maximum atomic E-state index is 12.9. The Labute approximate surface area is 176 Å². The van der Waals surface area contributed by atoms with Crippen LogP contribution in [0, 0.1) is 5.41 Å². The average Bonchev–Trinajstić information content (AvgIpc) is 2.87. The number of nitrogens with zero attached hydrogens (tertiary/aromatic N) is 1. The van der Waals surface area contributed by atoms with Gasteiger partial charge in [-0.1, -0.05) is 43.5 Å². The lowest BCUT2D eigenvalue weighted by atomic mass is 9.75. The minimum absolute atomic E-state index is 0.0730. The quantitative estimate of drug-likeness (QED) is 0.391. The number of halogens is 2. The van der Waals surface area contributed by atoms with E-state index in [0.717, 1.165) is 54.4 Å². The van der Waals surface area contributed by atoms with Gasteiger partial charge in [-0.15, -0.1) is 0 Å². The molecule has 0 saturated heterocycles. The summed E-state index contributed by atoms with van der Waals surface area (Å²) in [4.78, 5) is 24.4. The molecule has 0 radical (unpaired) electrons. The molecule has 0 N–H and O–H groups in total. The fraction of sp³-hybridized carbons (Fsp3) is 0.545. The molecule has 0 saturated carbocycles. The molecule has 2 aromatic rings. The number of hydrogen-bond donors (Lipinski definition) is 0. The Morgan fingerprint density at radius 1 is 1.18 bits per heavy atom. The van der Waals surface area contributed by atoms with E-state index in [9.17, 15) is 9.59 Å². The molecule has 1 aliphatic rings. The van der Waals surface area contributed by atoms with Gasteiger partial charge in [0.25, 0.3) is 0 Å². The van der Waals surface area contributed by atoms with E-state index in [-0.39, 0.29) is 17.2 Å². The summed E-state index contributed by atoms with van der Waals surface area (Å²) < 4.78 is 7.18. The van der Waals surface area contributed by atoms with Gasteiger partial charge in [0.2, 0.25) is 0 Å². The summed E-state index contributed by atoms with van der Waals surface area (Å²) >= 11 is 12.8. The molecule has 0 unspecified atom stereocenters. The molecule has 1 aromatic heterocycles. The van der Waals surface area contributed by atoms with Crippen molar-refractivity contribution in [1.29, 1.82) is 0 Å². The highest BCUT2D eigenvalue weighted by Gasteiger charge is 2.35.